The van der Waals surface area contributed by atoms with Crippen LogP contribution in [0.25, 0.3) is 33.3 Å². The van der Waals surface area contributed by atoms with Crippen molar-refractivity contribution in [1.29, 1.82) is 0 Å². The Morgan fingerprint density at radius 1 is 1.10 bits per heavy atom. The summed E-state index contributed by atoms with van der Waals surface area (Å²) < 4.78 is 49.7. The van der Waals surface area contributed by atoms with Gasteiger partial charge in [0.1, 0.15) is 22.8 Å². The number of rotatable bonds is 5. The van der Waals surface area contributed by atoms with E-state index in [0.29, 0.717) is 43.3 Å². The van der Waals surface area contributed by atoms with Crippen LogP contribution >= 0.6 is 0 Å². The van der Waals surface area contributed by atoms with E-state index in [-0.39, 0.29) is 46.3 Å². The van der Waals surface area contributed by atoms with Crippen LogP contribution in [0.5, 0.6) is 11.5 Å². The first-order chi connectivity index (χ1) is 18.5. The van der Waals surface area contributed by atoms with Gasteiger partial charge in [0, 0.05) is 38.0 Å². The van der Waals surface area contributed by atoms with Crippen molar-refractivity contribution in [2.24, 2.45) is 5.92 Å². The number of likely N-dealkylation sites (tertiary alicyclic amines) is 1. The summed E-state index contributed by atoms with van der Waals surface area (Å²) in [5.74, 6) is -0.334. The zero-order valence-corrected chi connectivity index (χ0v) is 20.9. The molecule has 0 aliphatic carbocycles. The van der Waals surface area contributed by atoms with Gasteiger partial charge in [-0.2, -0.15) is 13.2 Å². The van der Waals surface area contributed by atoms with Gasteiger partial charge in [-0.3, -0.25) is 4.79 Å². The fraction of sp³-hybridized carbons (Fsp3) is 0.333. The maximum atomic E-state index is 14.2. The number of fused-ring (bicyclic) bond motifs is 3. The quantitative estimate of drug-likeness (QED) is 0.246. The van der Waals surface area contributed by atoms with E-state index in [2.05, 4.69) is 9.97 Å². The molecule has 4 aromatic rings. The molecule has 2 N–H and O–H groups in total. The number of carbonyl (C=O) groups excluding carboxylic acids is 1. The van der Waals surface area contributed by atoms with Crippen molar-refractivity contribution in [2.45, 2.75) is 38.9 Å². The number of phenolic OH excluding ortho intramolecular Hbond substituents is 1. The minimum Gasteiger partial charge on any atom is -0.508 e. The van der Waals surface area contributed by atoms with Gasteiger partial charge < -0.3 is 24.4 Å². The van der Waals surface area contributed by atoms with E-state index in [1.165, 1.54) is 30.0 Å². The van der Waals surface area contributed by atoms with Crippen molar-refractivity contribution >= 4 is 34.0 Å². The zero-order valence-electron chi connectivity index (χ0n) is 20.9. The zero-order chi connectivity index (χ0) is 27.9. The Hall–Kier alpha value is -4.35. The highest BCUT2D eigenvalue weighted by atomic mass is 19.4. The summed E-state index contributed by atoms with van der Waals surface area (Å²) in [6, 6.07) is 10.5. The van der Waals surface area contributed by atoms with Crippen molar-refractivity contribution in [3.8, 4) is 22.9 Å². The third kappa shape index (κ3) is 5.18. The second kappa shape index (κ2) is 10.1. The molecule has 2 aromatic carbocycles. The molecule has 1 aliphatic heterocycles. The number of hydrogen-bond acceptors (Lipinski definition) is 6. The number of pyridine rings is 1. The maximum Gasteiger partial charge on any atom is 0.435 e. The van der Waals surface area contributed by atoms with Gasteiger partial charge in [-0.1, -0.05) is 12.1 Å². The lowest BCUT2D eigenvalue weighted by atomic mass is 9.93. The highest BCUT2D eigenvalue weighted by molar-refractivity contribution is 6.05. The number of imidazole rings is 1. The van der Waals surface area contributed by atoms with Gasteiger partial charge in [-0.05, 0) is 49.4 Å². The molecule has 0 atom stereocenters. The molecule has 2 aromatic heterocycles. The summed E-state index contributed by atoms with van der Waals surface area (Å²) in [7, 11) is 0. The molecule has 0 radical (unpaired) electrons. The summed E-state index contributed by atoms with van der Waals surface area (Å²) in [5, 5.41) is 19.6. The standard InChI is InChI=1S/C27H25F3N4O5/c1-15(35)39-21-5-3-2-4-19(21)25-32-22-23(34(25)13-10-16-8-11-33(12-9-16)26(37)38)18-7-6-17(36)14-20(18)31-24(22)27(28,29)30/h2-7,14,16,36H,8-13H2,1H3,(H,37,38). The minimum atomic E-state index is -4.83. The lowest BCUT2D eigenvalue weighted by Gasteiger charge is -2.30. The Morgan fingerprint density at radius 3 is 2.49 bits per heavy atom. The van der Waals surface area contributed by atoms with Crippen LogP contribution < -0.4 is 4.74 Å². The van der Waals surface area contributed by atoms with E-state index in [1.54, 1.807) is 28.8 Å². The molecule has 0 bridgehead atoms. The molecule has 3 heterocycles. The number of piperidine rings is 1. The van der Waals surface area contributed by atoms with E-state index in [1.807, 2.05) is 0 Å². The van der Waals surface area contributed by atoms with Gasteiger partial charge in [0.05, 0.1) is 16.6 Å². The molecule has 0 spiro atoms. The summed E-state index contributed by atoms with van der Waals surface area (Å²) in [4.78, 5) is 32.7. The van der Waals surface area contributed by atoms with Crippen molar-refractivity contribution in [3.63, 3.8) is 0 Å². The average Bonchev–Trinajstić information content (AvgIpc) is 3.25. The molecule has 204 valence electrons. The van der Waals surface area contributed by atoms with E-state index in [4.69, 9.17) is 4.74 Å². The number of para-hydroxylation sites is 1. The van der Waals surface area contributed by atoms with Crippen molar-refractivity contribution in [3.05, 3.63) is 48.2 Å². The molecule has 1 fully saturated rings. The Bertz CT molecular complexity index is 1580. The Balaban J connectivity index is 1.70. The van der Waals surface area contributed by atoms with Crippen LogP contribution in [-0.2, 0) is 17.5 Å². The molecular formula is C27H25F3N4O5. The average molecular weight is 543 g/mol. The van der Waals surface area contributed by atoms with E-state index in [9.17, 15) is 33.0 Å². The van der Waals surface area contributed by atoms with Gasteiger partial charge in [-0.25, -0.2) is 14.8 Å². The van der Waals surface area contributed by atoms with Crippen molar-refractivity contribution in [2.75, 3.05) is 13.1 Å². The lowest BCUT2D eigenvalue weighted by molar-refractivity contribution is -0.139. The van der Waals surface area contributed by atoms with E-state index < -0.39 is 23.9 Å². The topological polar surface area (TPSA) is 118 Å². The molecule has 5 rings (SSSR count). The Morgan fingerprint density at radius 2 is 1.82 bits per heavy atom. The highest BCUT2D eigenvalue weighted by Crippen LogP contribution is 2.41. The number of phenols is 1. The molecule has 1 amide bonds. The first-order valence-electron chi connectivity index (χ1n) is 12.4. The van der Waals surface area contributed by atoms with Gasteiger partial charge in [0.25, 0.3) is 0 Å². The predicted molar refractivity (Wildman–Crippen MR) is 135 cm³/mol. The number of carbonyl (C=O) groups is 2. The van der Waals surface area contributed by atoms with Crippen LogP contribution in [0, 0.1) is 5.92 Å². The lowest BCUT2D eigenvalue weighted by Crippen LogP contribution is -2.37. The van der Waals surface area contributed by atoms with Gasteiger partial charge >= 0.3 is 18.2 Å². The SMILES string of the molecule is CC(=O)Oc1ccccc1-c1nc2c(C(F)(F)F)nc3cc(O)ccc3c2n1CCC1CCN(C(=O)O)CC1. The smallest absolute Gasteiger partial charge is 0.435 e. The number of ether oxygens (including phenoxy) is 1. The monoisotopic (exact) mass is 542 g/mol. The number of benzene rings is 2. The molecule has 9 nitrogen and oxygen atoms in total. The third-order valence-corrected chi connectivity index (χ3v) is 6.96. The van der Waals surface area contributed by atoms with Crippen molar-refractivity contribution < 1.29 is 37.7 Å². The number of halogens is 3. The highest BCUT2D eigenvalue weighted by Gasteiger charge is 2.38. The Kier molecular flexibility index (Phi) is 6.79. The molecular weight excluding hydrogens is 517 g/mol. The van der Waals surface area contributed by atoms with Crippen LogP contribution in [-0.4, -0.2) is 54.8 Å². The fourth-order valence-electron chi connectivity index (χ4n) is 5.12. The van der Waals surface area contributed by atoms with Crippen molar-refractivity contribution in [1.82, 2.24) is 19.4 Å². The summed E-state index contributed by atoms with van der Waals surface area (Å²) >= 11 is 0. The number of alkyl halides is 3. The molecule has 0 saturated carbocycles. The van der Waals surface area contributed by atoms with Gasteiger partial charge in [0.2, 0.25) is 0 Å². The summed E-state index contributed by atoms with van der Waals surface area (Å²) in [6.07, 6.45) is -3.98. The molecule has 12 heteroatoms. The maximum absolute atomic E-state index is 14.2. The fourth-order valence-corrected chi connectivity index (χ4v) is 5.12. The first kappa shape index (κ1) is 26.3. The normalized spacial score (nSPS) is 14.7. The van der Waals surface area contributed by atoms with Crippen LogP contribution in [0.15, 0.2) is 42.5 Å². The second-order valence-electron chi connectivity index (χ2n) is 9.54. The number of esters is 1. The number of carboxylic acid groups (broad SMARTS) is 1. The number of nitrogens with zero attached hydrogens (tertiary/aromatic N) is 4. The summed E-state index contributed by atoms with van der Waals surface area (Å²) in [6.45, 7) is 2.28. The Labute approximate surface area is 220 Å². The molecule has 39 heavy (non-hydrogen) atoms. The number of aryl methyl sites for hydroxylation is 1. The van der Waals surface area contributed by atoms with E-state index >= 15 is 0 Å². The number of aromatic hydroxyl groups is 1. The van der Waals surface area contributed by atoms with Crippen LogP contribution in [0.1, 0.15) is 31.9 Å². The summed E-state index contributed by atoms with van der Waals surface area (Å²) in [5.41, 5.74) is -1.04. The third-order valence-electron chi connectivity index (χ3n) is 6.96. The van der Waals surface area contributed by atoms with E-state index in [0.717, 1.165) is 0 Å². The van der Waals surface area contributed by atoms with Gasteiger partial charge in [-0.15, -0.1) is 0 Å². The van der Waals surface area contributed by atoms with Crippen LogP contribution in [0.3, 0.4) is 0 Å². The van der Waals surface area contributed by atoms with Crippen LogP contribution in [0.4, 0.5) is 18.0 Å². The van der Waals surface area contributed by atoms with Crippen LogP contribution in [0.2, 0.25) is 0 Å². The predicted octanol–water partition coefficient (Wildman–Crippen LogP) is 5.68. The minimum absolute atomic E-state index is 0.0365. The van der Waals surface area contributed by atoms with Gasteiger partial charge in [0.15, 0.2) is 5.69 Å². The molecule has 0 unspecified atom stereocenters. The molecule has 1 saturated heterocycles. The number of aromatic nitrogens is 3. The second-order valence-corrected chi connectivity index (χ2v) is 9.54. The molecule has 1 aliphatic rings. The number of amides is 1. The first-order valence-corrected chi connectivity index (χ1v) is 12.4. The number of hydrogen-bond donors (Lipinski definition) is 2. The largest absolute Gasteiger partial charge is 0.508 e.